The van der Waals surface area contributed by atoms with E-state index in [1.807, 2.05) is 22.9 Å². The van der Waals surface area contributed by atoms with E-state index in [9.17, 15) is 5.11 Å². The maximum Gasteiger partial charge on any atom is 0.122 e. The number of hydrogen-bond donors (Lipinski definition) is 1. The molecule has 0 saturated carbocycles. The largest absolute Gasteiger partial charge is 0.493 e. The highest BCUT2D eigenvalue weighted by molar-refractivity contribution is 5.31. The van der Waals surface area contributed by atoms with Gasteiger partial charge >= 0.3 is 0 Å². The Labute approximate surface area is 138 Å². The maximum atomic E-state index is 9.36. The number of nitrogens with zero attached hydrogens (tertiary/aromatic N) is 3. The zero-order chi connectivity index (χ0) is 16.5. The zero-order valence-electron chi connectivity index (χ0n) is 14.2. The minimum Gasteiger partial charge on any atom is -0.493 e. The molecule has 0 spiro atoms. The van der Waals surface area contributed by atoms with Gasteiger partial charge in [0.2, 0.25) is 0 Å². The highest BCUT2D eigenvalue weighted by atomic mass is 16.5. The predicted octanol–water partition coefficient (Wildman–Crippen LogP) is 3.28. The molecule has 1 aromatic carbocycles. The van der Waals surface area contributed by atoms with Crippen molar-refractivity contribution in [1.29, 1.82) is 0 Å². The number of para-hydroxylation sites is 1. The Hall–Kier alpha value is -1.88. The van der Waals surface area contributed by atoms with E-state index < -0.39 is 0 Å². The van der Waals surface area contributed by atoms with E-state index >= 15 is 0 Å². The third kappa shape index (κ3) is 5.06. The Morgan fingerprint density at radius 1 is 1.17 bits per heavy atom. The average Bonchev–Trinajstić information content (AvgIpc) is 2.96. The van der Waals surface area contributed by atoms with E-state index in [4.69, 9.17) is 4.74 Å². The molecule has 0 aliphatic heterocycles. The quantitative estimate of drug-likeness (QED) is 0.683. The van der Waals surface area contributed by atoms with E-state index in [-0.39, 0.29) is 6.61 Å². The van der Waals surface area contributed by atoms with Crippen LogP contribution in [0.15, 0.2) is 24.3 Å². The first-order valence-electron chi connectivity index (χ1n) is 8.46. The molecule has 0 fully saturated rings. The first-order chi connectivity index (χ1) is 11.3. The molecule has 5 heteroatoms. The molecule has 1 heterocycles. The Kier molecular flexibility index (Phi) is 7.07. The summed E-state index contributed by atoms with van der Waals surface area (Å²) in [6.45, 7) is 5.71. The van der Waals surface area contributed by atoms with Crippen LogP contribution in [0.5, 0.6) is 5.75 Å². The number of aromatic nitrogens is 3. The van der Waals surface area contributed by atoms with Gasteiger partial charge in [0.05, 0.1) is 18.9 Å². The molecule has 1 N–H and O–H groups in total. The van der Waals surface area contributed by atoms with E-state index in [0.717, 1.165) is 55.8 Å². The van der Waals surface area contributed by atoms with Crippen LogP contribution in [0.4, 0.5) is 0 Å². The van der Waals surface area contributed by atoms with E-state index in [1.54, 1.807) is 0 Å². The average molecular weight is 317 g/mol. The molecule has 0 aliphatic rings. The van der Waals surface area contributed by atoms with Crippen molar-refractivity contribution in [2.75, 3.05) is 6.61 Å². The molecule has 2 aromatic rings. The van der Waals surface area contributed by atoms with Crippen LogP contribution < -0.4 is 4.74 Å². The van der Waals surface area contributed by atoms with Crippen molar-refractivity contribution >= 4 is 0 Å². The van der Waals surface area contributed by atoms with Crippen molar-refractivity contribution in [3.05, 3.63) is 41.2 Å². The Morgan fingerprint density at radius 2 is 2.00 bits per heavy atom. The molecular weight excluding hydrogens is 290 g/mol. The molecule has 0 amide bonds. The standard InChI is InChI=1S/C18H27N3O2/c1-3-4-10-17-16(14-22)19-20-21(17)12-7-8-13-23-18-11-6-5-9-15(18)2/h5-6,9,11,22H,3-4,7-8,10,12-14H2,1-2H3. The predicted molar refractivity (Wildman–Crippen MR) is 90.5 cm³/mol. The number of unbranched alkanes of at least 4 members (excludes halogenated alkanes) is 2. The highest BCUT2D eigenvalue weighted by Gasteiger charge is 2.11. The third-order valence-corrected chi connectivity index (χ3v) is 3.95. The molecule has 126 valence electrons. The van der Waals surface area contributed by atoms with Crippen LogP contribution >= 0.6 is 0 Å². The molecule has 0 saturated heterocycles. The van der Waals surface area contributed by atoms with Gasteiger partial charge < -0.3 is 9.84 Å². The Morgan fingerprint density at radius 3 is 2.74 bits per heavy atom. The topological polar surface area (TPSA) is 60.2 Å². The van der Waals surface area contributed by atoms with Gasteiger partial charge in [0.25, 0.3) is 0 Å². The first kappa shape index (κ1) is 17.5. The molecule has 0 aliphatic carbocycles. The van der Waals surface area contributed by atoms with Crippen molar-refractivity contribution in [3.8, 4) is 5.75 Å². The minimum atomic E-state index is -0.0323. The number of aliphatic hydroxyl groups is 1. The van der Waals surface area contributed by atoms with Crippen LogP contribution in [0, 0.1) is 6.92 Å². The molecular formula is C18H27N3O2. The third-order valence-electron chi connectivity index (χ3n) is 3.95. The number of aryl methyl sites for hydroxylation is 2. The van der Waals surface area contributed by atoms with E-state index in [2.05, 4.69) is 30.2 Å². The summed E-state index contributed by atoms with van der Waals surface area (Å²) in [6.07, 6.45) is 5.10. The summed E-state index contributed by atoms with van der Waals surface area (Å²) in [5.74, 6) is 0.958. The smallest absolute Gasteiger partial charge is 0.122 e. The van der Waals surface area contributed by atoms with Crippen LogP contribution in [0.25, 0.3) is 0 Å². The molecule has 1 aromatic heterocycles. The van der Waals surface area contributed by atoms with Gasteiger partial charge in [-0.3, -0.25) is 0 Å². The lowest BCUT2D eigenvalue weighted by Gasteiger charge is -2.10. The van der Waals surface area contributed by atoms with Gasteiger partial charge in [-0.2, -0.15) is 0 Å². The molecule has 5 nitrogen and oxygen atoms in total. The van der Waals surface area contributed by atoms with Gasteiger partial charge in [0.15, 0.2) is 0 Å². The first-order valence-corrected chi connectivity index (χ1v) is 8.46. The summed E-state index contributed by atoms with van der Waals surface area (Å²) in [7, 11) is 0. The van der Waals surface area contributed by atoms with Gasteiger partial charge in [0, 0.05) is 6.54 Å². The monoisotopic (exact) mass is 317 g/mol. The van der Waals surface area contributed by atoms with Crippen LogP contribution in [-0.4, -0.2) is 26.7 Å². The number of rotatable bonds is 10. The van der Waals surface area contributed by atoms with Gasteiger partial charge in [0.1, 0.15) is 11.4 Å². The fourth-order valence-corrected chi connectivity index (χ4v) is 2.55. The van der Waals surface area contributed by atoms with Gasteiger partial charge in [-0.15, -0.1) is 5.10 Å². The number of ether oxygens (including phenoxy) is 1. The fourth-order valence-electron chi connectivity index (χ4n) is 2.55. The van der Waals surface area contributed by atoms with E-state index in [0.29, 0.717) is 6.61 Å². The van der Waals surface area contributed by atoms with Crippen LogP contribution in [0.1, 0.15) is 49.6 Å². The maximum absolute atomic E-state index is 9.36. The van der Waals surface area contributed by atoms with Crippen LogP contribution in [-0.2, 0) is 19.6 Å². The van der Waals surface area contributed by atoms with Crippen LogP contribution in [0.3, 0.4) is 0 Å². The fraction of sp³-hybridized carbons (Fsp3) is 0.556. The lowest BCUT2D eigenvalue weighted by molar-refractivity contribution is 0.275. The van der Waals surface area contributed by atoms with Crippen LogP contribution in [0.2, 0.25) is 0 Å². The Bertz CT molecular complexity index is 596. The van der Waals surface area contributed by atoms with Gasteiger partial charge in [-0.05, 0) is 44.2 Å². The molecule has 0 radical (unpaired) electrons. The van der Waals surface area contributed by atoms with Gasteiger partial charge in [-0.25, -0.2) is 4.68 Å². The van der Waals surface area contributed by atoms with E-state index in [1.165, 1.54) is 5.56 Å². The molecule has 0 bridgehead atoms. The summed E-state index contributed by atoms with van der Waals surface area (Å²) in [6, 6.07) is 8.07. The van der Waals surface area contributed by atoms with Crippen molar-refractivity contribution in [2.45, 2.75) is 59.1 Å². The molecule has 0 atom stereocenters. The summed E-state index contributed by atoms with van der Waals surface area (Å²) in [4.78, 5) is 0. The lowest BCUT2D eigenvalue weighted by atomic mass is 10.1. The summed E-state index contributed by atoms with van der Waals surface area (Å²) in [5.41, 5.74) is 2.96. The van der Waals surface area contributed by atoms with Crippen molar-refractivity contribution in [3.63, 3.8) is 0 Å². The lowest BCUT2D eigenvalue weighted by Crippen LogP contribution is -2.08. The Balaban J connectivity index is 1.78. The zero-order valence-corrected chi connectivity index (χ0v) is 14.2. The highest BCUT2D eigenvalue weighted by Crippen LogP contribution is 2.16. The second kappa shape index (κ2) is 9.30. The summed E-state index contributed by atoms with van der Waals surface area (Å²) < 4.78 is 7.75. The summed E-state index contributed by atoms with van der Waals surface area (Å²) in [5, 5.41) is 17.6. The SMILES string of the molecule is CCCCc1c(CO)nnn1CCCCOc1ccccc1C. The summed E-state index contributed by atoms with van der Waals surface area (Å²) >= 11 is 0. The van der Waals surface area contributed by atoms with Gasteiger partial charge in [-0.1, -0.05) is 36.8 Å². The second-order valence-corrected chi connectivity index (χ2v) is 5.79. The van der Waals surface area contributed by atoms with Crippen molar-refractivity contribution in [1.82, 2.24) is 15.0 Å². The minimum absolute atomic E-state index is 0.0323. The number of aliphatic hydroxyl groups excluding tert-OH is 1. The molecule has 23 heavy (non-hydrogen) atoms. The second-order valence-electron chi connectivity index (χ2n) is 5.79. The normalized spacial score (nSPS) is 10.9. The number of hydrogen-bond acceptors (Lipinski definition) is 4. The van der Waals surface area contributed by atoms with Crippen molar-refractivity contribution < 1.29 is 9.84 Å². The van der Waals surface area contributed by atoms with Crippen molar-refractivity contribution in [2.24, 2.45) is 0 Å². The molecule has 2 rings (SSSR count). The number of benzene rings is 1. The molecule has 0 unspecified atom stereocenters.